The average molecular weight is 276 g/mol. The average Bonchev–Trinajstić information content (AvgIpc) is 2.89. The summed E-state index contributed by atoms with van der Waals surface area (Å²) >= 11 is 0. The Bertz CT molecular complexity index is 365. The highest BCUT2D eigenvalue weighted by molar-refractivity contribution is 5.79. The molecule has 112 valence electrons. The summed E-state index contributed by atoms with van der Waals surface area (Å²) in [6.45, 7) is 2.94. The Morgan fingerprint density at radius 3 is 2.25 bits per heavy atom. The van der Waals surface area contributed by atoms with Gasteiger partial charge in [-0.3, -0.25) is 4.79 Å². The van der Waals surface area contributed by atoms with Crippen LogP contribution in [0.4, 0.5) is 0 Å². The van der Waals surface area contributed by atoms with Gasteiger partial charge >= 0.3 is 0 Å². The molecule has 5 rings (SSSR count). The highest BCUT2D eigenvalue weighted by atomic mass is 16.2. The van der Waals surface area contributed by atoms with Crippen LogP contribution >= 0.6 is 0 Å². The fourth-order valence-corrected chi connectivity index (χ4v) is 6.24. The molecule has 1 N–H and O–H groups in total. The first-order valence-electron chi connectivity index (χ1n) is 8.59. The summed E-state index contributed by atoms with van der Waals surface area (Å²) in [4.78, 5) is 14.6. The lowest BCUT2D eigenvalue weighted by molar-refractivity contribution is -0.139. The van der Waals surface area contributed by atoms with Gasteiger partial charge in [0.15, 0.2) is 0 Å². The first-order valence-corrected chi connectivity index (χ1v) is 8.59. The molecule has 1 aliphatic heterocycles. The number of hydrogen-bond acceptors (Lipinski definition) is 2. The molecule has 0 aromatic rings. The van der Waals surface area contributed by atoms with Gasteiger partial charge in [-0.05, 0) is 74.7 Å². The molecule has 1 atom stereocenters. The van der Waals surface area contributed by atoms with Gasteiger partial charge in [0.25, 0.3) is 0 Å². The zero-order valence-electron chi connectivity index (χ0n) is 12.7. The van der Waals surface area contributed by atoms with E-state index in [0.29, 0.717) is 11.3 Å². The quantitative estimate of drug-likeness (QED) is 0.857. The van der Waals surface area contributed by atoms with Gasteiger partial charge in [-0.25, -0.2) is 0 Å². The van der Waals surface area contributed by atoms with E-state index in [0.717, 1.165) is 43.8 Å². The minimum atomic E-state index is 0.244. The summed E-state index contributed by atoms with van der Waals surface area (Å²) in [5.74, 6) is 3.59. The first kappa shape index (κ1) is 13.1. The first-order chi connectivity index (χ1) is 9.63. The number of hydrogen-bond donors (Lipinski definition) is 1. The molecule has 0 spiro atoms. The van der Waals surface area contributed by atoms with E-state index in [1.54, 1.807) is 0 Å². The predicted octanol–water partition coefficient (Wildman–Crippen LogP) is 2.27. The van der Waals surface area contributed by atoms with Gasteiger partial charge in [-0.1, -0.05) is 0 Å². The normalized spacial score (nSPS) is 45.9. The van der Waals surface area contributed by atoms with Crippen LogP contribution in [0.2, 0.25) is 0 Å². The molecular weight excluding hydrogens is 248 g/mol. The maximum Gasteiger partial charge on any atom is 0.226 e. The molecule has 4 aliphatic carbocycles. The number of amides is 1. The van der Waals surface area contributed by atoms with Crippen LogP contribution in [0.25, 0.3) is 0 Å². The molecule has 4 bridgehead atoms. The molecule has 1 saturated heterocycles. The Labute approximate surface area is 122 Å². The van der Waals surface area contributed by atoms with Gasteiger partial charge in [0.05, 0.1) is 5.92 Å². The maximum absolute atomic E-state index is 12.6. The van der Waals surface area contributed by atoms with Crippen LogP contribution < -0.4 is 5.32 Å². The van der Waals surface area contributed by atoms with Crippen LogP contribution in [0, 0.1) is 29.1 Å². The lowest BCUT2D eigenvalue weighted by Gasteiger charge is -2.57. The van der Waals surface area contributed by atoms with Crippen molar-refractivity contribution in [1.82, 2.24) is 10.2 Å². The van der Waals surface area contributed by atoms with E-state index in [1.807, 2.05) is 0 Å². The highest BCUT2D eigenvalue weighted by Crippen LogP contribution is 2.60. The van der Waals surface area contributed by atoms with Gasteiger partial charge in [-0.15, -0.1) is 0 Å². The van der Waals surface area contributed by atoms with Gasteiger partial charge < -0.3 is 10.2 Å². The molecule has 0 radical (unpaired) electrons. The molecule has 20 heavy (non-hydrogen) atoms. The van der Waals surface area contributed by atoms with Crippen molar-refractivity contribution in [2.75, 3.05) is 26.7 Å². The van der Waals surface area contributed by atoms with Crippen LogP contribution in [-0.4, -0.2) is 37.5 Å². The Morgan fingerprint density at radius 2 is 1.75 bits per heavy atom. The second kappa shape index (κ2) is 4.72. The minimum Gasteiger partial charge on any atom is -0.345 e. The number of rotatable bonds is 3. The van der Waals surface area contributed by atoms with E-state index in [2.05, 4.69) is 17.3 Å². The third-order valence-corrected chi connectivity index (χ3v) is 6.52. The van der Waals surface area contributed by atoms with E-state index in [1.165, 1.54) is 38.5 Å². The van der Waals surface area contributed by atoms with E-state index >= 15 is 0 Å². The number of carbonyl (C=O) groups is 1. The van der Waals surface area contributed by atoms with Crippen LogP contribution in [0.5, 0.6) is 0 Å². The van der Waals surface area contributed by atoms with Crippen molar-refractivity contribution in [2.45, 2.75) is 44.9 Å². The molecular formula is C17H28N2O. The number of nitrogens with zero attached hydrogens (tertiary/aromatic N) is 1. The fraction of sp³-hybridized carbons (Fsp3) is 0.941. The fourth-order valence-electron chi connectivity index (χ4n) is 6.24. The third-order valence-electron chi connectivity index (χ3n) is 6.52. The van der Waals surface area contributed by atoms with E-state index in [4.69, 9.17) is 0 Å². The van der Waals surface area contributed by atoms with Gasteiger partial charge in [-0.2, -0.15) is 0 Å². The molecule has 1 heterocycles. The molecule has 3 nitrogen and oxygen atoms in total. The summed E-state index contributed by atoms with van der Waals surface area (Å²) in [6.07, 6.45) is 9.71. The second-order valence-corrected chi connectivity index (χ2v) is 8.30. The zero-order valence-corrected chi connectivity index (χ0v) is 12.7. The summed E-state index contributed by atoms with van der Waals surface area (Å²) < 4.78 is 0. The second-order valence-electron chi connectivity index (χ2n) is 8.30. The lowest BCUT2D eigenvalue weighted by Crippen LogP contribution is -2.52. The van der Waals surface area contributed by atoms with Crippen LogP contribution in [0.15, 0.2) is 0 Å². The van der Waals surface area contributed by atoms with Gasteiger partial charge in [0.2, 0.25) is 5.91 Å². The van der Waals surface area contributed by atoms with Crippen molar-refractivity contribution >= 4 is 5.91 Å². The monoisotopic (exact) mass is 276 g/mol. The predicted molar refractivity (Wildman–Crippen MR) is 79.2 cm³/mol. The van der Waals surface area contributed by atoms with Crippen molar-refractivity contribution in [3.8, 4) is 0 Å². The Kier molecular flexibility index (Phi) is 3.10. The molecule has 5 aliphatic rings. The van der Waals surface area contributed by atoms with Crippen molar-refractivity contribution in [2.24, 2.45) is 29.1 Å². The van der Waals surface area contributed by atoms with Gasteiger partial charge in [0.1, 0.15) is 0 Å². The summed E-state index contributed by atoms with van der Waals surface area (Å²) in [6, 6.07) is 0. The molecule has 4 saturated carbocycles. The standard InChI is InChI=1S/C17H28N2O/c1-19(16(20)15-2-3-18-10-15)11-17-7-12-4-13(8-17)6-14(5-12)9-17/h12-15,18H,2-11H2,1H3. The molecule has 0 aromatic heterocycles. The number of nitrogens with one attached hydrogen (secondary N) is 1. The van der Waals surface area contributed by atoms with Crippen molar-refractivity contribution < 1.29 is 4.79 Å². The van der Waals surface area contributed by atoms with E-state index in [-0.39, 0.29) is 5.92 Å². The largest absolute Gasteiger partial charge is 0.345 e. The van der Waals surface area contributed by atoms with Crippen LogP contribution in [0.3, 0.4) is 0 Å². The molecule has 1 unspecified atom stereocenters. The Balaban J connectivity index is 1.44. The Hall–Kier alpha value is -0.570. The van der Waals surface area contributed by atoms with Crippen LogP contribution in [0.1, 0.15) is 44.9 Å². The molecule has 1 amide bonds. The molecule has 5 fully saturated rings. The van der Waals surface area contributed by atoms with E-state index in [9.17, 15) is 4.79 Å². The topological polar surface area (TPSA) is 32.3 Å². The zero-order chi connectivity index (χ0) is 13.7. The van der Waals surface area contributed by atoms with Crippen molar-refractivity contribution in [3.05, 3.63) is 0 Å². The molecule has 3 heteroatoms. The Morgan fingerprint density at radius 1 is 1.15 bits per heavy atom. The van der Waals surface area contributed by atoms with E-state index < -0.39 is 0 Å². The van der Waals surface area contributed by atoms with Gasteiger partial charge in [0, 0.05) is 20.1 Å². The summed E-state index contributed by atoms with van der Waals surface area (Å²) in [7, 11) is 2.05. The van der Waals surface area contributed by atoms with Crippen LogP contribution in [-0.2, 0) is 4.79 Å². The summed E-state index contributed by atoms with van der Waals surface area (Å²) in [5, 5.41) is 3.32. The highest BCUT2D eigenvalue weighted by Gasteiger charge is 2.51. The van der Waals surface area contributed by atoms with Crippen molar-refractivity contribution in [1.29, 1.82) is 0 Å². The van der Waals surface area contributed by atoms with Crippen molar-refractivity contribution in [3.63, 3.8) is 0 Å². The smallest absolute Gasteiger partial charge is 0.226 e. The summed E-state index contributed by atoms with van der Waals surface area (Å²) in [5.41, 5.74) is 0.491. The third kappa shape index (κ3) is 2.18. The molecule has 0 aromatic carbocycles. The number of carbonyl (C=O) groups excluding carboxylic acids is 1. The SMILES string of the molecule is CN(CC12CC3CC(CC(C3)C1)C2)C(=O)C1CCNC1. The lowest BCUT2D eigenvalue weighted by atomic mass is 9.49. The minimum absolute atomic E-state index is 0.244. The maximum atomic E-state index is 12.6.